The Hall–Kier alpha value is -1.74. The number of aliphatic imine (C=N–C) groups is 1. The highest BCUT2D eigenvalue weighted by Gasteiger charge is 2.15. The first-order chi connectivity index (χ1) is 9.37. The molecule has 0 bridgehead atoms. The van der Waals surface area contributed by atoms with Crippen LogP contribution in [0.25, 0.3) is 0 Å². The van der Waals surface area contributed by atoms with Gasteiger partial charge in [-0.2, -0.15) is 5.26 Å². The van der Waals surface area contributed by atoms with Gasteiger partial charge in [0.2, 0.25) is 0 Å². The Bertz CT molecular complexity index is 532. The predicted molar refractivity (Wildman–Crippen MR) is 80.7 cm³/mol. The molecule has 0 atom stereocenters. The fraction of sp³-hybridized carbons (Fsp3) is 0.429. The topological polar surface area (TPSA) is 57.4 Å². The Kier molecular flexibility index (Phi) is 5.83. The molecule has 0 amide bonds. The smallest absolute Gasteiger partial charge is 0.183 e. The third-order valence-electron chi connectivity index (χ3n) is 2.18. The summed E-state index contributed by atoms with van der Waals surface area (Å²) in [4.78, 5) is 4.11. The average molecular weight is 295 g/mol. The molecule has 1 aromatic rings. The van der Waals surface area contributed by atoms with Crippen molar-refractivity contribution in [2.24, 2.45) is 10.4 Å². The van der Waals surface area contributed by atoms with E-state index in [0.717, 1.165) is 0 Å². The van der Waals surface area contributed by atoms with E-state index in [-0.39, 0.29) is 11.1 Å². The molecule has 1 rings (SSSR count). The summed E-state index contributed by atoms with van der Waals surface area (Å²) in [6, 6.07) is 4.55. The van der Waals surface area contributed by atoms with Crippen molar-refractivity contribution in [2.45, 2.75) is 20.8 Å². The van der Waals surface area contributed by atoms with Crippen molar-refractivity contribution >= 4 is 22.6 Å². The summed E-state index contributed by atoms with van der Waals surface area (Å²) in [6.07, 6.45) is 3.52. The standard InChI is InChI=1S/C14H18FN3OS/c1-14(2,3)8-19-11-7-5-6-10(15)12(11)18-13(20-4)17-9-16/h5-7H,8H2,1-4H3,(H,17,18). The number of para-hydroxylation sites is 1. The summed E-state index contributed by atoms with van der Waals surface area (Å²) < 4.78 is 19.5. The third kappa shape index (κ3) is 5.10. The van der Waals surface area contributed by atoms with Crippen molar-refractivity contribution in [1.82, 2.24) is 5.32 Å². The van der Waals surface area contributed by atoms with Crippen LogP contribution in [0, 0.1) is 22.7 Å². The van der Waals surface area contributed by atoms with Crippen LogP contribution in [0.1, 0.15) is 20.8 Å². The number of halogens is 1. The first kappa shape index (κ1) is 16.3. The molecule has 0 aromatic heterocycles. The van der Waals surface area contributed by atoms with Gasteiger partial charge in [0, 0.05) is 0 Å². The number of hydrogen-bond acceptors (Lipinski definition) is 4. The van der Waals surface area contributed by atoms with Gasteiger partial charge in [-0.3, -0.25) is 5.32 Å². The maximum atomic E-state index is 13.9. The van der Waals surface area contributed by atoms with Crippen molar-refractivity contribution in [3.8, 4) is 11.9 Å². The summed E-state index contributed by atoms with van der Waals surface area (Å²) in [6.45, 7) is 6.53. The lowest BCUT2D eigenvalue weighted by Gasteiger charge is -2.19. The van der Waals surface area contributed by atoms with Gasteiger partial charge in [0.05, 0.1) is 6.61 Å². The van der Waals surface area contributed by atoms with E-state index in [1.165, 1.54) is 17.8 Å². The molecule has 108 valence electrons. The quantitative estimate of drug-likeness (QED) is 0.400. The number of benzene rings is 1. The molecule has 1 aromatic carbocycles. The molecule has 0 radical (unpaired) electrons. The third-order valence-corrected chi connectivity index (χ3v) is 2.76. The van der Waals surface area contributed by atoms with Crippen molar-refractivity contribution < 1.29 is 9.13 Å². The maximum Gasteiger partial charge on any atom is 0.183 e. The number of hydrogen-bond donors (Lipinski definition) is 1. The number of amidine groups is 1. The van der Waals surface area contributed by atoms with Crippen LogP contribution in [0.3, 0.4) is 0 Å². The van der Waals surface area contributed by atoms with Crippen LogP contribution in [-0.2, 0) is 0 Å². The van der Waals surface area contributed by atoms with Crippen LogP contribution in [0.4, 0.5) is 10.1 Å². The molecule has 6 heteroatoms. The number of nitrogens with zero attached hydrogens (tertiary/aromatic N) is 2. The Morgan fingerprint density at radius 1 is 1.50 bits per heavy atom. The second-order valence-electron chi connectivity index (χ2n) is 5.29. The normalized spacial score (nSPS) is 11.9. The summed E-state index contributed by atoms with van der Waals surface area (Å²) in [5, 5.41) is 11.3. The number of nitrogens with one attached hydrogen (secondary N) is 1. The zero-order chi connectivity index (χ0) is 15.2. The molecule has 0 aliphatic rings. The molecule has 0 fully saturated rings. The van der Waals surface area contributed by atoms with Crippen LogP contribution in [-0.4, -0.2) is 18.0 Å². The minimum Gasteiger partial charge on any atom is -0.491 e. The molecule has 0 saturated carbocycles. The van der Waals surface area contributed by atoms with Gasteiger partial charge >= 0.3 is 0 Å². The van der Waals surface area contributed by atoms with E-state index in [1.54, 1.807) is 24.6 Å². The lowest BCUT2D eigenvalue weighted by Crippen LogP contribution is -2.17. The van der Waals surface area contributed by atoms with Crippen LogP contribution in [0.5, 0.6) is 5.75 Å². The van der Waals surface area contributed by atoms with Gasteiger partial charge in [-0.15, -0.1) is 0 Å². The van der Waals surface area contributed by atoms with E-state index in [0.29, 0.717) is 17.5 Å². The molecule has 0 spiro atoms. The van der Waals surface area contributed by atoms with Gasteiger partial charge < -0.3 is 4.74 Å². The lowest BCUT2D eigenvalue weighted by molar-refractivity contribution is 0.198. The van der Waals surface area contributed by atoms with Crippen LogP contribution in [0.15, 0.2) is 23.2 Å². The van der Waals surface area contributed by atoms with Gasteiger partial charge in [0.1, 0.15) is 11.4 Å². The molecule has 20 heavy (non-hydrogen) atoms. The average Bonchev–Trinajstić information content (AvgIpc) is 2.37. The van der Waals surface area contributed by atoms with Gasteiger partial charge in [0.15, 0.2) is 17.2 Å². The summed E-state index contributed by atoms with van der Waals surface area (Å²) >= 11 is 1.22. The lowest BCUT2D eigenvalue weighted by atomic mass is 9.99. The molecule has 0 aliphatic heterocycles. The Labute approximate surface area is 123 Å². The van der Waals surface area contributed by atoms with Crippen molar-refractivity contribution in [3.05, 3.63) is 24.0 Å². The van der Waals surface area contributed by atoms with Crippen molar-refractivity contribution in [1.29, 1.82) is 5.26 Å². The zero-order valence-corrected chi connectivity index (χ0v) is 12.8. The van der Waals surface area contributed by atoms with E-state index in [2.05, 4.69) is 10.3 Å². The second-order valence-corrected chi connectivity index (χ2v) is 6.09. The molecular formula is C14H18FN3OS. The number of nitriles is 1. The largest absolute Gasteiger partial charge is 0.491 e. The van der Waals surface area contributed by atoms with Crippen molar-refractivity contribution in [3.63, 3.8) is 0 Å². The maximum absolute atomic E-state index is 13.9. The monoisotopic (exact) mass is 295 g/mol. The van der Waals surface area contributed by atoms with Crippen LogP contribution >= 0.6 is 11.8 Å². The van der Waals surface area contributed by atoms with Crippen molar-refractivity contribution in [2.75, 3.05) is 12.9 Å². The van der Waals surface area contributed by atoms with E-state index in [1.807, 2.05) is 20.8 Å². The van der Waals surface area contributed by atoms with E-state index in [4.69, 9.17) is 10.00 Å². The van der Waals surface area contributed by atoms with Crippen LogP contribution in [0.2, 0.25) is 0 Å². The number of rotatable bonds is 3. The zero-order valence-electron chi connectivity index (χ0n) is 12.0. The molecular weight excluding hydrogens is 277 g/mol. The summed E-state index contributed by atoms with van der Waals surface area (Å²) in [5.41, 5.74) is 0.0597. The molecule has 0 unspecified atom stereocenters. The SMILES string of the molecule is CSC(=Nc1c(F)cccc1OCC(C)(C)C)NC#N. The first-order valence-corrected chi connectivity index (χ1v) is 7.29. The van der Waals surface area contributed by atoms with Gasteiger partial charge in [-0.25, -0.2) is 9.38 Å². The fourth-order valence-corrected chi connectivity index (χ4v) is 1.62. The summed E-state index contributed by atoms with van der Waals surface area (Å²) in [5.74, 6) is -0.117. The molecule has 1 N–H and O–H groups in total. The minimum absolute atomic E-state index is 0.0411. The van der Waals surface area contributed by atoms with Gasteiger partial charge in [0.25, 0.3) is 0 Å². The molecule has 0 saturated heterocycles. The molecule has 0 heterocycles. The fourth-order valence-electron chi connectivity index (χ4n) is 1.29. The molecule has 4 nitrogen and oxygen atoms in total. The number of ether oxygens (including phenoxy) is 1. The van der Waals surface area contributed by atoms with E-state index < -0.39 is 5.82 Å². The molecule has 0 aliphatic carbocycles. The highest BCUT2D eigenvalue weighted by Crippen LogP contribution is 2.32. The highest BCUT2D eigenvalue weighted by molar-refractivity contribution is 8.13. The number of thioether (sulfide) groups is 1. The Morgan fingerprint density at radius 3 is 2.75 bits per heavy atom. The first-order valence-electron chi connectivity index (χ1n) is 6.06. The highest BCUT2D eigenvalue weighted by atomic mass is 32.2. The minimum atomic E-state index is -0.484. The Balaban J connectivity index is 3.08. The second kappa shape index (κ2) is 7.15. The summed E-state index contributed by atoms with van der Waals surface area (Å²) in [7, 11) is 0. The van der Waals surface area contributed by atoms with Gasteiger partial charge in [-0.05, 0) is 23.8 Å². The van der Waals surface area contributed by atoms with E-state index in [9.17, 15) is 4.39 Å². The Morgan fingerprint density at radius 2 is 2.20 bits per heavy atom. The van der Waals surface area contributed by atoms with Gasteiger partial charge in [-0.1, -0.05) is 38.6 Å². The van der Waals surface area contributed by atoms with Crippen LogP contribution < -0.4 is 10.1 Å². The van der Waals surface area contributed by atoms with E-state index >= 15 is 0 Å². The predicted octanol–water partition coefficient (Wildman–Crippen LogP) is 3.67.